The summed E-state index contributed by atoms with van der Waals surface area (Å²) in [6, 6.07) is 0. The first-order chi connectivity index (χ1) is 8.10. The van der Waals surface area contributed by atoms with E-state index in [4.69, 9.17) is 0 Å². The largest absolute Gasteiger partial charge is 0.334 e. The monoisotopic (exact) mass is 254 g/mol. The molecule has 0 aliphatic carbocycles. The number of hydrogen-bond donors (Lipinski definition) is 1. The molecule has 0 radical (unpaired) electrons. The van der Waals surface area contributed by atoms with Gasteiger partial charge in [-0.15, -0.1) is 5.10 Å². The summed E-state index contributed by atoms with van der Waals surface area (Å²) in [5, 5.41) is 7.72. The van der Waals surface area contributed by atoms with Crippen molar-refractivity contribution >= 4 is 17.7 Å². The minimum atomic E-state index is -0.0556. The van der Waals surface area contributed by atoms with Crippen LogP contribution in [0.1, 0.15) is 37.2 Å². The number of aromatic nitrogens is 3. The number of aromatic amines is 1. The minimum Gasteiger partial charge on any atom is -0.334 e. The molecule has 1 aromatic heterocycles. The molecule has 17 heavy (non-hydrogen) atoms. The van der Waals surface area contributed by atoms with E-state index in [1.165, 1.54) is 0 Å². The Labute approximate surface area is 105 Å². The summed E-state index contributed by atoms with van der Waals surface area (Å²) in [6.45, 7) is 7.84. The van der Waals surface area contributed by atoms with Crippen LogP contribution in [0.25, 0.3) is 0 Å². The molecule has 94 valence electrons. The van der Waals surface area contributed by atoms with E-state index >= 15 is 0 Å². The van der Waals surface area contributed by atoms with Crippen molar-refractivity contribution < 1.29 is 4.79 Å². The van der Waals surface area contributed by atoms with Gasteiger partial charge in [-0.1, -0.05) is 20.8 Å². The van der Waals surface area contributed by atoms with E-state index in [2.05, 4.69) is 29.0 Å². The standard InChI is InChI=1S/C11H18N4OS/c1-4-9-12-10(14-13-9)11(16)15-5-7(2)17-8(3)6-15/h7-8H,4-6H2,1-3H3,(H,12,13,14). The molecule has 2 heterocycles. The quantitative estimate of drug-likeness (QED) is 0.865. The fourth-order valence-electron chi connectivity index (χ4n) is 2.03. The van der Waals surface area contributed by atoms with Gasteiger partial charge in [-0.2, -0.15) is 11.8 Å². The molecule has 1 aromatic rings. The van der Waals surface area contributed by atoms with Crippen LogP contribution in [0.4, 0.5) is 0 Å². The molecule has 1 aliphatic heterocycles. The Morgan fingerprint density at radius 3 is 2.65 bits per heavy atom. The van der Waals surface area contributed by atoms with Gasteiger partial charge in [0.1, 0.15) is 5.82 Å². The van der Waals surface area contributed by atoms with E-state index in [1.807, 2.05) is 23.6 Å². The molecule has 2 atom stereocenters. The van der Waals surface area contributed by atoms with Crippen molar-refractivity contribution in [3.8, 4) is 0 Å². The van der Waals surface area contributed by atoms with Gasteiger partial charge in [0.2, 0.25) is 5.82 Å². The number of rotatable bonds is 2. The third-order valence-corrected chi connectivity index (χ3v) is 3.99. The number of amides is 1. The average molecular weight is 254 g/mol. The van der Waals surface area contributed by atoms with E-state index in [0.717, 1.165) is 25.3 Å². The Hall–Kier alpha value is -1.04. The molecule has 6 heteroatoms. The lowest BCUT2D eigenvalue weighted by molar-refractivity contribution is 0.0741. The van der Waals surface area contributed by atoms with Crippen molar-refractivity contribution in [3.05, 3.63) is 11.6 Å². The molecule has 1 fully saturated rings. The Morgan fingerprint density at radius 2 is 2.12 bits per heavy atom. The second-order valence-corrected chi connectivity index (χ2v) is 6.31. The van der Waals surface area contributed by atoms with Crippen LogP contribution in [0.15, 0.2) is 0 Å². The second kappa shape index (κ2) is 5.08. The van der Waals surface area contributed by atoms with Gasteiger partial charge in [-0.3, -0.25) is 9.89 Å². The molecule has 0 bridgehead atoms. The molecule has 1 saturated heterocycles. The number of carbonyl (C=O) groups is 1. The predicted octanol–water partition coefficient (Wildman–Crippen LogP) is 1.33. The van der Waals surface area contributed by atoms with Crippen molar-refractivity contribution in [1.82, 2.24) is 20.1 Å². The van der Waals surface area contributed by atoms with Crippen LogP contribution in [-0.4, -0.2) is 49.6 Å². The normalized spacial score (nSPS) is 25.0. The summed E-state index contributed by atoms with van der Waals surface area (Å²) in [5.74, 6) is 1.01. The molecule has 0 aromatic carbocycles. The van der Waals surface area contributed by atoms with E-state index in [-0.39, 0.29) is 5.91 Å². The van der Waals surface area contributed by atoms with Crippen LogP contribution in [-0.2, 0) is 6.42 Å². The fraction of sp³-hybridized carbons (Fsp3) is 0.727. The number of thioether (sulfide) groups is 1. The highest BCUT2D eigenvalue weighted by Crippen LogP contribution is 2.25. The van der Waals surface area contributed by atoms with Crippen LogP contribution < -0.4 is 0 Å². The second-order valence-electron chi connectivity index (χ2n) is 4.43. The summed E-state index contributed by atoms with van der Waals surface area (Å²) < 4.78 is 0. The van der Waals surface area contributed by atoms with Crippen molar-refractivity contribution in [1.29, 1.82) is 0 Å². The number of nitrogens with one attached hydrogen (secondary N) is 1. The highest BCUT2D eigenvalue weighted by Gasteiger charge is 2.28. The first kappa shape index (κ1) is 12.4. The van der Waals surface area contributed by atoms with Crippen molar-refractivity contribution in [2.75, 3.05) is 13.1 Å². The van der Waals surface area contributed by atoms with Gasteiger partial charge >= 0.3 is 0 Å². The van der Waals surface area contributed by atoms with Gasteiger partial charge < -0.3 is 4.90 Å². The van der Waals surface area contributed by atoms with Crippen molar-refractivity contribution in [2.45, 2.75) is 37.7 Å². The molecule has 2 rings (SSSR count). The number of H-pyrrole nitrogens is 1. The van der Waals surface area contributed by atoms with Gasteiger partial charge in [0, 0.05) is 30.0 Å². The van der Waals surface area contributed by atoms with Crippen LogP contribution >= 0.6 is 11.8 Å². The van der Waals surface area contributed by atoms with E-state index < -0.39 is 0 Å². The third kappa shape index (κ3) is 2.80. The lowest BCUT2D eigenvalue weighted by Crippen LogP contribution is -2.44. The third-order valence-electron chi connectivity index (χ3n) is 2.76. The Morgan fingerprint density at radius 1 is 1.47 bits per heavy atom. The number of carbonyl (C=O) groups excluding carboxylic acids is 1. The number of hydrogen-bond acceptors (Lipinski definition) is 4. The summed E-state index contributed by atoms with van der Waals surface area (Å²) in [4.78, 5) is 18.2. The molecule has 1 N–H and O–H groups in total. The Kier molecular flexibility index (Phi) is 3.71. The van der Waals surface area contributed by atoms with Crippen LogP contribution in [0.5, 0.6) is 0 Å². The lowest BCUT2D eigenvalue weighted by Gasteiger charge is -2.33. The van der Waals surface area contributed by atoms with Crippen molar-refractivity contribution in [2.24, 2.45) is 0 Å². The minimum absolute atomic E-state index is 0.0556. The van der Waals surface area contributed by atoms with Crippen molar-refractivity contribution in [3.63, 3.8) is 0 Å². The molecule has 1 aliphatic rings. The van der Waals surface area contributed by atoms with Gasteiger partial charge in [-0.05, 0) is 0 Å². The van der Waals surface area contributed by atoms with Gasteiger partial charge in [-0.25, -0.2) is 4.98 Å². The topological polar surface area (TPSA) is 61.9 Å². The van der Waals surface area contributed by atoms with Gasteiger partial charge in [0.05, 0.1) is 0 Å². The maximum atomic E-state index is 12.2. The Balaban J connectivity index is 2.08. The zero-order chi connectivity index (χ0) is 12.4. The fourth-order valence-corrected chi connectivity index (χ4v) is 3.36. The number of aryl methyl sites for hydroxylation is 1. The molecule has 1 amide bonds. The highest BCUT2D eigenvalue weighted by molar-refractivity contribution is 8.00. The molecule has 0 saturated carbocycles. The average Bonchev–Trinajstić information content (AvgIpc) is 2.75. The zero-order valence-corrected chi connectivity index (χ0v) is 11.3. The maximum absolute atomic E-state index is 12.2. The summed E-state index contributed by atoms with van der Waals surface area (Å²) in [6.07, 6.45) is 0.767. The van der Waals surface area contributed by atoms with Crippen LogP contribution in [0.3, 0.4) is 0 Å². The SMILES string of the molecule is CCc1nc(C(=O)N2CC(C)SC(C)C2)n[nH]1. The first-order valence-corrected chi connectivity index (χ1v) is 6.90. The van der Waals surface area contributed by atoms with Gasteiger partial charge in [0.15, 0.2) is 0 Å². The molecule has 0 spiro atoms. The maximum Gasteiger partial charge on any atom is 0.293 e. The smallest absolute Gasteiger partial charge is 0.293 e. The Bertz CT molecular complexity index is 396. The predicted molar refractivity (Wildman–Crippen MR) is 68.2 cm³/mol. The van der Waals surface area contributed by atoms with E-state index in [0.29, 0.717) is 16.3 Å². The van der Waals surface area contributed by atoms with E-state index in [1.54, 1.807) is 0 Å². The first-order valence-electron chi connectivity index (χ1n) is 5.96. The summed E-state index contributed by atoms with van der Waals surface area (Å²) >= 11 is 1.92. The van der Waals surface area contributed by atoms with E-state index in [9.17, 15) is 4.79 Å². The summed E-state index contributed by atoms with van der Waals surface area (Å²) in [7, 11) is 0. The molecular formula is C11H18N4OS. The molecule has 2 unspecified atom stereocenters. The molecule has 5 nitrogen and oxygen atoms in total. The highest BCUT2D eigenvalue weighted by atomic mass is 32.2. The number of nitrogens with zero attached hydrogens (tertiary/aromatic N) is 3. The van der Waals surface area contributed by atoms with Crippen LogP contribution in [0, 0.1) is 0 Å². The lowest BCUT2D eigenvalue weighted by atomic mass is 10.3. The zero-order valence-electron chi connectivity index (χ0n) is 10.4. The van der Waals surface area contributed by atoms with Crippen LogP contribution in [0.2, 0.25) is 0 Å². The summed E-state index contributed by atoms with van der Waals surface area (Å²) in [5.41, 5.74) is 0. The molecular weight excluding hydrogens is 236 g/mol. The van der Waals surface area contributed by atoms with Gasteiger partial charge in [0.25, 0.3) is 5.91 Å².